The molecule has 2 atom stereocenters. The van der Waals surface area contributed by atoms with E-state index in [9.17, 15) is 0 Å². The first-order valence-electron chi connectivity index (χ1n) is 17.9. The maximum Gasteiger partial charge on any atom is 0.223 e. The molecule has 0 rings (SSSR count). The van der Waals surface area contributed by atoms with E-state index in [0.717, 1.165) is 88.6 Å². The third-order valence-electron chi connectivity index (χ3n) is 6.60. The zero-order chi connectivity index (χ0) is 32.0. The molecule has 0 aliphatic rings. The lowest BCUT2D eigenvalue weighted by molar-refractivity contribution is -0.243. The topological polar surface area (TPSA) is 64.6 Å². The molecule has 0 saturated carbocycles. The van der Waals surface area contributed by atoms with Gasteiger partial charge in [0.25, 0.3) is 0 Å². The summed E-state index contributed by atoms with van der Waals surface area (Å²) in [6.45, 7) is 20.6. The molecule has 0 heterocycles. The van der Waals surface area contributed by atoms with E-state index < -0.39 is 12.6 Å². The molecule has 0 radical (unpaired) electrons. The molecule has 0 saturated heterocycles. The Hall–Kier alpha value is -1.44. The molecule has 0 amide bonds. The second-order valence-corrected chi connectivity index (χ2v) is 11.1. The highest BCUT2D eigenvalue weighted by Crippen LogP contribution is 2.28. The molecule has 7 heteroatoms. The molecule has 0 spiro atoms. The van der Waals surface area contributed by atoms with Crippen molar-refractivity contribution < 1.29 is 33.2 Å². The van der Waals surface area contributed by atoms with Crippen LogP contribution in [0.2, 0.25) is 0 Å². The van der Waals surface area contributed by atoms with Crippen molar-refractivity contribution in [1.29, 1.82) is 0 Å². The van der Waals surface area contributed by atoms with Gasteiger partial charge in [-0.2, -0.15) is 0 Å². The minimum atomic E-state index is -0.790. The van der Waals surface area contributed by atoms with Gasteiger partial charge in [0.05, 0.1) is 39.6 Å². The number of unbranched alkanes of at least 4 members (excludes halogenated alkanes) is 6. The number of rotatable bonds is 32. The fourth-order valence-corrected chi connectivity index (χ4v) is 4.33. The molecule has 7 nitrogen and oxygen atoms in total. The highest BCUT2D eigenvalue weighted by molar-refractivity contribution is 5.09. The zero-order valence-electron chi connectivity index (χ0n) is 29.6. The number of hydrogen-bond acceptors (Lipinski definition) is 7. The monoisotopic (exact) mass is 615 g/mol. The van der Waals surface area contributed by atoms with Crippen molar-refractivity contribution in [3.63, 3.8) is 0 Å². The van der Waals surface area contributed by atoms with Crippen LogP contribution in [0.25, 0.3) is 0 Å². The first-order chi connectivity index (χ1) is 21.1. The summed E-state index contributed by atoms with van der Waals surface area (Å²) in [5.74, 6) is 2.84. The number of allylic oxidation sites excluding steroid dienone is 2. The van der Waals surface area contributed by atoms with E-state index in [4.69, 9.17) is 33.2 Å². The van der Waals surface area contributed by atoms with Crippen LogP contribution in [0, 0.1) is 0 Å². The van der Waals surface area contributed by atoms with Crippen molar-refractivity contribution in [3.8, 4) is 0 Å². The van der Waals surface area contributed by atoms with Gasteiger partial charge in [-0.05, 0) is 51.4 Å². The molecular weight excluding hydrogens is 544 g/mol. The van der Waals surface area contributed by atoms with E-state index in [-0.39, 0.29) is 0 Å². The van der Waals surface area contributed by atoms with E-state index >= 15 is 0 Å². The van der Waals surface area contributed by atoms with Crippen LogP contribution in [0.3, 0.4) is 0 Å². The summed E-state index contributed by atoms with van der Waals surface area (Å²) < 4.78 is 45.2. The molecule has 0 aromatic heterocycles. The summed E-state index contributed by atoms with van der Waals surface area (Å²) >= 11 is 0. The number of hydrogen-bond donors (Lipinski definition) is 0. The van der Waals surface area contributed by atoms with Crippen LogP contribution in [0.1, 0.15) is 158 Å². The summed E-state index contributed by atoms with van der Waals surface area (Å²) in [7, 11) is 0. The van der Waals surface area contributed by atoms with Crippen molar-refractivity contribution in [2.75, 3.05) is 39.6 Å². The molecule has 0 aliphatic carbocycles. The highest BCUT2D eigenvalue weighted by Gasteiger charge is 2.32. The third-order valence-corrected chi connectivity index (χ3v) is 6.60. The average molecular weight is 615 g/mol. The van der Waals surface area contributed by atoms with E-state index in [1.54, 1.807) is 0 Å². The Balaban J connectivity index is 6.76. The molecular formula is C36H70O7. The highest BCUT2D eigenvalue weighted by atomic mass is 16.8. The van der Waals surface area contributed by atoms with Gasteiger partial charge < -0.3 is 33.2 Å². The standard InChI is InChI=1S/C36H70O7/c1-9-17-19-21-29-41-35(33(39-27-15-7)31(23-11-3)37-25-13-5)43-36(42-30-22-20-18-10-2)34(40-28-16-8)32(24-12-4)38-26-14-6/h35-36H,9-30H2,1-8H3. The van der Waals surface area contributed by atoms with Gasteiger partial charge in [-0.15, -0.1) is 0 Å². The predicted octanol–water partition coefficient (Wildman–Crippen LogP) is 10.6. The molecule has 43 heavy (non-hydrogen) atoms. The molecule has 0 N–H and O–H groups in total. The summed E-state index contributed by atoms with van der Waals surface area (Å²) in [6, 6.07) is 0. The Labute approximate surface area is 266 Å². The fraction of sp³-hybridized carbons (Fsp3) is 0.889. The Morgan fingerprint density at radius 1 is 0.372 bits per heavy atom. The third kappa shape index (κ3) is 20.3. The first-order valence-corrected chi connectivity index (χ1v) is 17.9. The van der Waals surface area contributed by atoms with Gasteiger partial charge in [0, 0.05) is 12.8 Å². The van der Waals surface area contributed by atoms with E-state index in [2.05, 4.69) is 55.4 Å². The second kappa shape index (κ2) is 30.6. The van der Waals surface area contributed by atoms with Gasteiger partial charge in [0.15, 0.2) is 11.5 Å². The van der Waals surface area contributed by atoms with E-state index in [0.29, 0.717) is 51.2 Å². The van der Waals surface area contributed by atoms with Crippen molar-refractivity contribution in [2.24, 2.45) is 0 Å². The van der Waals surface area contributed by atoms with Crippen LogP contribution >= 0.6 is 0 Å². The zero-order valence-corrected chi connectivity index (χ0v) is 29.6. The maximum atomic E-state index is 6.83. The normalized spacial score (nSPS) is 14.1. The predicted molar refractivity (Wildman–Crippen MR) is 178 cm³/mol. The Bertz CT molecular complexity index is 621. The summed E-state index contributed by atoms with van der Waals surface area (Å²) in [5, 5.41) is 0. The summed E-state index contributed by atoms with van der Waals surface area (Å²) in [6.07, 6.45) is 14.2. The molecule has 0 aromatic rings. The van der Waals surface area contributed by atoms with Crippen LogP contribution in [-0.2, 0) is 33.2 Å². The molecule has 0 aromatic carbocycles. The van der Waals surface area contributed by atoms with Crippen molar-refractivity contribution in [2.45, 2.75) is 171 Å². The minimum absolute atomic E-state index is 0.551. The largest absolute Gasteiger partial charge is 0.494 e. The lowest BCUT2D eigenvalue weighted by Gasteiger charge is -2.30. The van der Waals surface area contributed by atoms with Crippen molar-refractivity contribution in [1.82, 2.24) is 0 Å². The molecule has 0 bridgehead atoms. The van der Waals surface area contributed by atoms with E-state index in [1.807, 2.05) is 0 Å². The SMILES string of the molecule is CCCCCCOC(OC(OCCCCCC)C(OCCC)=C(CCC)OCCC)C(OCCC)=C(CCC)OCCC. The Kier molecular flexibility index (Phi) is 29.6. The van der Waals surface area contributed by atoms with Crippen LogP contribution in [0.4, 0.5) is 0 Å². The van der Waals surface area contributed by atoms with Gasteiger partial charge in [-0.1, -0.05) is 93.9 Å². The van der Waals surface area contributed by atoms with Crippen LogP contribution in [0.5, 0.6) is 0 Å². The van der Waals surface area contributed by atoms with Crippen LogP contribution in [-0.4, -0.2) is 52.2 Å². The quantitative estimate of drug-likeness (QED) is 0.0424. The fourth-order valence-electron chi connectivity index (χ4n) is 4.33. The van der Waals surface area contributed by atoms with Gasteiger partial charge in [-0.3, -0.25) is 0 Å². The summed E-state index contributed by atoms with van der Waals surface area (Å²) in [5.41, 5.74) is 0. The minimum Gasteiger partial charge on any atom is -0.494 e. The molecule has 0 aliphatic heterocycles. The molecule has 0 fully saturated rings. The first kappa shape index (κ1) is 41.6. The van der Waals surface area contributed by atoms with E-state index in [1.165, 1.54) is 25.7 Å². The van der Waals surface area contributed by atoms with Gasteiger partial charge in [0.2, 0.25) is 12.6 Å². The Morgan fingerprint density at radius 2 is 0.744 bits per heavy atom. The molecule has 2 unspecified atom stereocenters. The van der Waals surface area contributed by atoms with Gasteiger partial charge in [0.1, 0.15) is 11.5 Å². The van der Waals surface area contributed by atoms with Crippen molar-refractivity contribution in [3.05, 3.63) is 23.0 Å². The number of ether oxygens (including phenoxy) is 7. The Morgan fingerprint density at radius 3 is 1.07 bits per heavy atom. The van der Waals surface area contributed by atoms with Gasteiger partial charge >= 0.3 is 0 Å². The smallest absolute Gasteiger partial charge is 0.223 e. The summed E-state index contributed by atoms with van der Waals surface area (Å²) in [4.78, 5) is 0. The molecule has 256 valence electrons. The van der Waals surface area contributed by atoms with Crippen molar-refractivity contribution >= 4 is 0 Å². The average Bonchev–Trinajstić information content (AvgIpc) is 3.01. The second-order valence-electron chi connectivity index (χ2n) is 11.1. The van der Waals surface area contributed by atoms with Crippen LogP contribution in [0.15, 0.2) is 23.0 Å². The van der Waals surface area contributed by atoms with Crippen LogP contribution < -0.4 is 0 Å². The lowest BCUT2D eigenvalue weighted by Crippen LogP contribution is -2.34. The van der Waals surface area contributed by atoms with Gasteiger partial charge in [-0.25, -0.2) is 0 Å². The lowest BCUT2D eigenvalue weighted by atomic mass is 10.2. The maximum absolute atomic E-state index is 6.83.